The highest BCUT2D eigenvalue weighted by molar-refractivity contribution is 7.21. The number of carbonyl (C=O) groups excluding carboxylic acids is 1. The molecule has 1 fully saturated rings. The molecular formula is C14H10Cl3NO3S. The van der Waals surface area contributed by atoms with Crippen LogP contribution in [0.1, 0.15) is 16.1 Å². The molecule has 1 amide bonds. The molecule has 1 aliphatic rings. The van der Waals surface area contributed by atoms with Gasteiger partial charge >= 0.3 is 5.97 Å². The van der Waals surface area contributed by atoms with E-state index in [-0.39, 0.29) is 12.5 Å². The Morgan fingerprint density at radius 2 is 2.00 bits per heavy atom. The summed E-state index contributed by atoms with van der Waals surface area (Å²) in [6, 6.07) is 3.29. The van der Waals surface area contributed by atoms with Crippen LogP contribution in [0.2, 0.25) is 15.1 Å². The first-order valence-corrected chi connectivity index (χ1v) is 8.42. The molecule has 0 bridgehead atoms. The monoisotopic (exact) mass is 377 g/mol. The number of carbonyl (C=O) groups is 2. The number of halogens is 3. The lowest BCUT2D eigenvalue weighted by atomic mass is 10.1. The minimum atomic E-state index is -0.882. The highest BCUT2D eigenvalue weighted by Crippen LogP contribution is 2.42. The molecule has 0 saturated carbocycles. The Labute approximate surface area is 145 Å². The maximum atomic E-state index is 12.6. The van der Waals surface area contributed by atoms with E-state index < -0.39 is 11.9 Å². The van der Waals surface area contributed by atoms with Gasteiger partial charge in [-0.2, -0.15) is 0 Å². The van der Waals surface area contributed by atoms with E-state index in [1.165, 1.54) is 16.2 Å². The fourth-order valence-corrected chi connectivity index (χ4v) is 4.88. The fourth-order valence-electron chi connectivity index (χ4n) is 2.54. The number of carboxylic acid groups (broad SMARTS) is 1. The lowest BCUT2D eigenvalue weighted by Crippen LogP contribution is -2.29. The topological polar surface area (TPSA) is 57.6 Å². The molecule has 116 valence electrons. The maximum absolute atomic E-state index is 12.6. The number of hydrogen-bond donors (Lipinski definition) is 1. The van der Waals surface area contributed by atoms with E-state index in [4.69, 9.17) is 39.9 Å². The van der Waals surface area contributed by atoms with Gasteiger partial charge in [0.1, 0.15) is 4.88 Å². The molecule has 3 rings (SSSR count). The molecule has 1 aromatic carbocycles. The number of amides is 1. The zero-order chi connectivity index (χ0) is 16.0. The number of rotatable bonds is 2. The summed E-state index contributed by atoms with van der Waals surface area (Å²) in [5, 5.41) is 10.8. The average Bonchev–Trinajstić information content (AvgIpc) is 3.03. The number of nitrogens with zero attached hydrogens (tertiary/aromatic N) is 1. The molecule has 22 heavy (non-hydrogen) atoms. The third-order valence-corrected chi connectivity index (χ3v) is 5.80. The minimum absolute atomic E-state index is 0.202. The summed E-state index contributed by atoms with van der Waals surface area (Å²) in [5.41, 5.74) is 0. The molecule has 4 nitrogen and oxygen atoms in total. The second-order valence-electron chi connectivity index (χ2n) is 5.08. The number of likely N-dealkylation sites (tertiary alicyclic amines) is 1. The van der Waals surface area contributed by atoms with Crippen LogP contribution < -0.4 is 0 Å². The summed E-state index contributed by atoms with van der Waals surface area (Å²) in [6.45, 7) is 0.613. The summed E-state index contributed by atoms with van der Waals surface area (Å²) in [5.74, 6) is -1.66. The maximum Gasteiger partial charge on any atom is 0.308 e. The molecule has 2 heterocycles. The van der Waals surface area contributed by atoms with Crippen LogP contribution in [0, 0.1) is 5.92 Å². The lowest BCUT2D eigenvalue weighted by Gasteiger charge is -2.14. The summed E-state index contributed by atoms with van der Waals surface area (Å²) in [6.07, 6.45) is 0.455. The van der Waals surface area contributed by atoms with E-state index in [1.807, 2.05) is 0 Å². The van der Waals surface area contributed by atoms with Gasteiger partial charge in [-0.25, -0.2) is 0 Å². The molecule has 0 spiro atoms. The van der Waals surface area contributed by atoms with E-state index in [2.05, 4.69) is 0 Å². The van der Waals surface area contributed by atoms with Crippen molar-refractivity contribution in [3.8, 4) is 0 Å². The van der Waals surface area contributed by atoms with Crippen LogP contribution in [0.5, 0.6) is 0 Å². The zero-order valence-corrected chi connectivity index (χ0v) is 14.2. The largest absolute Gasteiger partial charge is 0.481 e. The summed E-state index contributed by atoms with van der Waals surface area (Å²) in [7, 11) is 0. The normalized spacial score (nSPS) is 18.1. The van der Waals surface area contributed by atoms with Gasteiger partial charge < -0.3 is 10.0 Å². The van der Waals surface area contributed by atoms with Crippen molar-refractivity contribution in [2.75, 3.05) is 13.1 Å². The van der Waals surface area contributed by atoms with Crippen molar-refractivity contribution >= 4 is 68.1 Å². The van der Waals surface area contributed by atoms with Crippen LogP contribution in [-0.2, 0) is 4.79 Å². The molecule has 0 radical (unpaired) electrons. The van der Waals surface area contributed by atoms with Gasteiger partial charge in [0.05, 0.1) is 16.0 Å². The Bertz CT molecular complexity index is 789. The van der Waals surface area contributed by atoms with Crippen molar-refractivity contribution < 1.29 is 14.7 Å². The van der Waals surface area contributed by atoms with E-state index in [0.717, 1.165) is 4.70 Å². The van der Waals surface area contributed by atoms with Gasteiger partial charge in [-0.05, 0) is 18.6 Å². The van der Waals surface area contributed by atoms with E-state index in [0.29, 0.717) is 38.3 Å². The number of thiophene rings is 1. The van der Waals surface area contributed by atoms with Gasteiger partial charge in [-0.1, -0.05) is 34.8 Å². The van der Waals surface area contributed by atoms with Crippen molar-refractivity contribution in [3.63, 3.8) is 0 Å². The second-order valence-corrected chi connectivity index (χ2v) is 7.35. The Kier molecular flexibility index (Phi) is 4.25. The number of aliphatic carboxylic acids is 1. The molecule has 1 aliphatic heterocycles. The van der Waals surface area contributed by atoms with Crippen molar-refractivity contribution in [2.45, 2.75) is 6.42 Å². The zero-order valence-electron chi connectivity index (χ0n) is 11.1. The number of carboxylic acids is 1. The van der Waals surface area contributed by atoms with E-state index >= 15 is 0 Å². The van der Waals surface area contributed by atoms with Gasteiger partial charge in [0.25, 0.3) is 5.91 Å². The fraction of sp³-hybridized carbons (Fsp3) is 0.286. The molecule has 0 aliphatic carbocycles. The highest BCUT2D eigenvalue weighted by atomic mass is 35.5. The van der Waals surface area contributed by atoms with Crippen LogP contribution in [0.4, 0.5) is 0 Å². The molecule has 8 heteroatoms. The summed E-state index contributed by atoms with van der Waals surface area (Å²) in [4.78, 5) is 25.5. The van der Waals surface area contributed by atoms with Crippen molar-refractivity contribution in [1.29, 1.82) is 0 Å². The number of hydrogen-bond acceptors (Lipinski definition) is 3. The number of fused-ring (bicyclic) bond motifs is 1. The first kappa shape index (κ1) is 15.9. The van der Waals surface area contributed by atoms with Crippen LogP contribution in [0.25, 0.3) is 10.1 Å². The van der Waals surface area contributed by atoms with Crippen molar-refractivity contribution in [2.24, 2.45) is 5.92 Å². The molecule has 0 unspecified atom stereocenters. The van der Waals surface area contributed by atoms with Gasteiger partial charge in [-0.15, -0.1) is 11.3 Å². The minimum Gasteiger partial charge on any atom is -0.481 e. The van der Waals surface area contributed by atoms with Gasteiger partial charge in [0.2, 0.25) is 0 Å². The summed E-state index contributed by atoms with van der Waals surface area (Å²) < 4.78 is 0.736. The lowest BCUT2D eigenvalue weighted by molar-refractivity contribution is -0.141. The first-order chi connectivity index (χ1) is 10.4. The Hall–Kier alpha value is -1.01. The van der Waals surface area contributed by atoms with Crippen molar-refractivity contribution in [1.82, 2.24) is 4.90 Å². The van der Waals surface area contributed by atoms with Gasteiger partial charge in [-0.3, -0.25) is 9.59 Å². The van der Waals surface area contributed by atoms with Gasteiger partial charge in [0, 0.05) is 28.2 Å². The predicted molar refractivity (Wildman–Crippen MR) is 88.5 cm³/mol. The second kappa shape index (κ2) is 5.89. The van der Waals surface area contributed by atoms with Gasteiger partial charge in [0.15, 0.2) is 0 Å². The third-order valence-electron chi connectivity index (χ3n) is 3.67. The Morgan fingerprint density at radius 1 is 1.27 bits per heavy atom. The van der Waals surface area contributed by atoms with E-state index in [9.17, 15) is 9.59 Å². The first-order valence-electron chi connectivity index (χ1n) is 6.47. The quantitative estimate of drug-likeness (QED) is 0.842. The molecule has 1 saturated heterocycles. The van der Waals surface area contributed by atoms with Crippen LogP contribution in [0.3, 0.4) is 0 Å². The van der Waals surface area contributed by atoms with Crippen LogP contribution >= 0.6 is 46.1 Å². The summed E-state index contributed by atoms with van der Waals surface area (Å²) >= 11 is 19.6. The average molecular weight is 379 g/mol. The molecular weight excluding hydrogens is 369 g/mol. The molecule has 1 aromatic heterocycles. The smallest absolute Gasteiger partial charge is 0.308 e. The standard InChI is InChI=1S/C14H10Cl3NO3S/c15-7-3-8(16)10-9(4-7)22-12(11(10)17)13(19)18-2-1-6(5-18)14(20)21/h3-4,6H,1-2,5H2,(H,20,21)/t6-/m0/s1. The number of benzene rings is 1. The highest BCUT2D eigenvalue weighted by Gasteiger charge is 2.33. The van der Waals surface area contributed by atoms with E-state index in [1.54, 1.807) is 12.1 Å². The molecule has 2 aromatic rings. The predicted octanol–water partition coefficient (Wildman–Crippen LogP) is 4.41. The van der Waals surface area contributed by atoms with Crippen LogP contribution in [-0.4, -0.2) is 35.0 Å². The molecule has 1 atom stereocenters. The third kappa shape index (κ3) is 2.67. The SMILES string of the molecule is O=C(O)[C@H]1CCN(C(=O)c2sc3cc(Cl)cc(Cl)c3c2Cl)C1. The molecule has 1 N–H and O–H groups in total. The van der Waals surface area contributed by atoms with Crippen LogP contribution in [0.15, 0.2) is 12.1 Å². The Balaban J connectivity index is 1.97. The Morgan fingerprint density at radius 3 is 2.64 bits per heavy atom. The van der Waals surface area contributed by atoms with Crippen molar-refractivity contribution in [3.05, 3.63) is 32.1 Å².